The van der Waals surface area contributed by atoms with Crippen molar-refractivity contribution in [3.63, 3.8) is 0 Å². The Morgan fingerprint density at radius 1 is 1.19 bits per heavy atom. The molecular weight excluding hydrogens is 497 g/mol. The lowest BCUT2D eigenvalue weighted by molar-refractivity contribution is -0.141. The molecule has 0 bridgehead atoms. The van der Waals surface area contributed by atoms with Crippen LogP contribution in [0.4, 0.5) is 19.0 Å². The molecule has 0 spiro atoms. The minimum atomic E-state index is -4.88. The number of alkyl halides is 3. The predicted molar refractivity (Wildman–Crippen MR) is 126 cm³/mol. The van der Waals surface area contributed by atoms with Crippen LogP contribution in [0.25, 0.3) is 5.82 Å². The van der Waals surface area contributed by atoms with E-state index in [1.807, 2.05) is 18.6 Å². The van der Waals surface area contributed by atoms with Crippen molar-refractivity contribution in [1.82, 2.24) is 19.5 Å². The van der Waals surface area contributed by atoms with Crippen molar-refractivity contribution in [1.29, 1.82) is 5.26 Å². The summed E-state index contributed by atoms with van der Waals surface area (Å²) in [5.41, 5.74) is -2.38. The minimum absolute atomic E-state index is 0.0295. The Morgan fingerprint density at radius 2 is 1.81 bits per heavy atom. The zero-order chi connectivity index (χ0) is 27.1. The van der Waals surface area contributed by atoms with Gasteiger partial charge in [-0.25, -0.2) is 18.1 Å². The van der Waals surface area contributed by atoms with Crippen molar-refractivity contribution in [3.05, 3.63) is 29.6 Å². The lowest BCUT2D eigenvalue weighted by atomic mass is 9.91. The highest BCUT2D eigenvalue weighted by molar-refractivity contribution is 7.90. The summed E-state index contributed by atoms with van der Waals surface area (Å²) < 4.78 is 69.3. The average molecular weight is 527 g/mol. The molecule has 1 fully saturated rings. The van der Waals surface area contributed by atoms with Gasteiger partial charge in [-0.15, -0.1) is 0 Å². The normalized spacial score (nSPS) is 19.1. The number of nitrogens with one attached hydrogen (secondary N) is 1. The Morgan fingerprint density at radius 3 is 2.28 bits per heavy atom. The first-order valence-corrected chi connectivity index (χ1v) is 12.9. The van der Waals surface area contributed by atoms with E-state index >= 15 is 0 Å². The predicted octanol–water partition coefficient (Wildman–Crippen LogP) is 3.88. The molecule has 2 aromatic rings. The number of rotatable bonds is 5. The number of pyridine rings is 1. The summed E-state index contributed by atoms with van der Waals surface area (Å²) in [4.78, 5) is 17.5. The summed E-state index contributed by atoms with van der Waals surface area (Å²) in [6, 6.07) is 3.97. The Labute approximate surface area is 208 Å². The highest BCUT2D eigenvalue weighted by Crippen LogP contribution is 2.38. The Balaban J connectivity index is 2.03. The number of amides is 1. The number of hydrogen-bond acceptors (Lipinski definition) is 7. The molecule has 0 aromatic carbocycles. The molecule has 3 heterocycles. The number of carbonyl (C=O) groups excluding carboxylic acids is 1. The van der Waals surface area contributed by atoms with Gasteiger partial charge in [0.25, 0.3) is 10.0 Å². The van der Waals surface area contributed by atoms with E-state index in [1.54, 1.807) is 31.7 Å². The summed E-state index contributed by atoms with van der Waals surface area (Å²) in [5.74, 6) is -0.472. The first-order valence-electron chi connectivity index (χ1n) is 11.4. The molecular formula is C23H29F3N6O3S. The van der Waals surface area contributed by atoms with Crippen LogP contribution in [-0.2, 0) is 21.0 Å². The van der Waals surface area contributed by atoms with Crippen LogP contribution in [-0.4, -0.2) is 42.2 Å². The molecule has 2 aromatic heterocycles. The highest BCUT2D eigenvalue weighted by atomic mass is 32.2. The summed E-state index contributed by atoms with van der Waals surface area (Å²) in [6.45, 7) is 10.2. The van der Waals surface area contributed by atoms with Gasteiger partial charge < -0.3 is 4.90 Å². The molecule has 3 rings (SSSR count). The van der Waals surface area contributed by atoms with Crippen LogP contribution in [0.5, 0.6) is 0 Å². The van der Waals surface area contributed by atoms with Crippen LogP contribution in [0.3, 0.4) is 0 Å². The van der Waals surface area contributed by atoms with E-state index in [0.717, 1.165) is 23.4 Å². The molecule has 1 N–H and O–H groups in total. The van der Waals surface area contributed by atoms with E-state index in [1.165, 1.54) is 6.07 Å². The fourth-order valence-corrected chi connectivity index (χ4v) is 5.31. The van der Waals surface area contributed by atoms with Crippen LogP contribution in [0, 0.1) is 28.6 Å². The van der Waals surface area contributed by atoms with Crippen LogP contribution in [0.2, 0.25) is 0 Å². The van der Waals surface area contributed by atoms with Gasteiger partial charge in [-0.3, -0.25) is 4.79 Å². The zero-order valence-corrected chi connectivity index (χ0v) is 21.5. The molecule has 0 saturated carbocycles. The smallest absolute Gasteiger partial charge is 0.355 e. The Hall–Kier alpha value is -3.14. The molecule has 1 aliphatic rings. The van der Waals surface area contributed by atoms with Crippen LogP contribution in [0.15, 0.2) is 23.2 Å². The summed E-state index contributed by atoms with van der Waals surface area (Å²) >= 11 is 0. The number of piperidine rings is 1. The molecule has 1 aliphatic heterocycles. The van der Waals surface area contributed by atoms with Crippen molar-refractivity contribution in [2.24, 2.45) is 17.3 Å². The second-order valence-electron chi connectivity index (χ2n) is 10.5. The maximum atomic E-state index is 13.7. The average Bonchev–Trinajstić information content (AvgIpc) is 3.11. The van der Waals surface area contributed by atoms with E-state index in [4.69, 9.17) is 0 Å². The minimum Gasteiger partial charge on any atom is -0.355 e. The van der Waals surface area contributed by atoms with E-state index in [0.29, 0.717) is 13.1 Å². The topological polar surface area (TPSA) is 121 Å². The molecule has 9 nitrogen and oxygen atoms in total. The number of sulfonamides is 1. The monoisotopic (exact) mass is 526 g/mol. The highest BCUT2D eigenvalue weighted by Gasteiger charge is 2.42. The zero-order valence-electron chi connectivity index (χ0n) is 20.7. The molecule has 1 amide bonds. The van der Waals surface area contributed by atoms with Gasteiger partial charge in [0.2, 0.25) is 5.91 Å². The lowest BCUT2D eigenvalue weighted by Crippen LogP contribution is -2.40. The number of carbonyl (C=O) groups is 1. The van der Waals surface area contributed by atoms with Crippen LogP contribution >= 0.6 is 0 Å². The first kappa shape index (κ1) is 27.4. The quantitative estimate of drug-likeness (QED) is 0.628. The van der Waals surface area contributed by atoms with Gasteiger partial charge in [0.15, 0.2) is 17.3 Å². The number of nitrogens with zero attached hydrogens (tertiary/aromatic N) is 5. The van der Waals surface area contributed by atoms with Gasteiger partial charge in [0, 0.05) is 25.7 Å². The third-order valence-corrected chi connectivity index (χ3v) is 6.96. The largest absolute Gasteiger partial charge is 0.436 e. The number of nitriles is 1. The number of halogens is 3. The maximum absolute atomic E-state index is 13.7. The van der Waals surface area contributed by atoms with Crippen molar-refractivity contribution >= 4 is 21.7 Å². The van der Waals surface area contributed by atoms with Crippen molar-refractivity contribution in [3.8, 4) is 11.9 Å². The maximum Gasteiger partial charge on any atom is 0.436 e. The van der Waals surface area contributed by atoms with Gasteiger partial charge >= 0.3 is 6.18 Å². The third kappa shape index (κ3) is 6.16. The van der Waals surface area contributed by atoms with Gasteiger partial charge in [-0.2, -0.15) is 28.2 Å². The molecule has 2 atom stereocenters. The van der Waals surface area contributed by atoms with Gasteiger partial charge in [0.1, 0.15) is 16.5 Å². The fraction of sp³-hybridized carbons (Fsp3) is 0.565. The van der Waals surface area contributed by atoms with Crippen LogP contribution < -0.4 is 9.62 Å². The first-order chi connectivity index (χ1) is 16.5. The molecule has 0 radical (unpaired) electrons. The second kappa shape index (κ2) is 9.72. The number of hydrogen-bond donors (Lipinski definition) is 1. The second-order valence-corrected chi connectivity index (χ2v) is 12.2. The lowest BCUT2D eigenvalue weighted by Gasteiger charge is -2.36. The number of anilines is 1. The van der Waals surface area contributed by atoms with Crippen molar-refractivity contribution < 1.29 is 26.4 Å². The van der Waals surface area contributed by atoms with E-state index < -0.39 is 38.8 Å². The summed E-state index contributed by atoms with van der Waals surface area (Å²) in [5, 5.41) is 13.3. The van der Waals surface area contributed by atoms with E-state index in [2.05, 4.69) is 10.1 Å². The molecule has 0 unspecified atom stereocenters. The van der Waals surface area contributed by atoms with Crippen molar-refractivity contribution in [2.45, 2.75) is 58.5 Å². The van der Waals surface area contributed by atoms with Gasteiger partial charge in [-0.05, 0) is 35.8 Å². The Kier molecular flexibility index (Phi) is 7.41. The Bertz CT molecular complexity index is 1260. The van der Waals surface area contributed by atoms with Gasteiger partial charge in [-0.1, -0.05) is 34.6 Å². The molecule has 36 heavy (non-hydrogen) atoms. The molecule has 13 heteroatoms. The fourth-order valence-electron chi connectivity index (χ4n) is 4.38. The summed E-state index contributed by atoms with van der Waals surface area (Å²) in [6.07, 6.45) is -3.07. The van der Waals surface area contributed by atoms with E-state index in [9.17, 15) is 31.6 Å². The standard InChI is InChI=1S/C23H29F3N6O3S/c1-14-8-15(2)13-31(12-14)21-17(10-27)20(23(24,25)26)29-32(21)18-7-6-16(11-28-18)36(34,35)30-19(33)9-22(3,4)5/h6-7,11,14-15H,8-9,12-13H2,1-5H3,(H,30,33)/t14-,15+. The van der Waals surface area contributed by atoms with Gasteiger partial charge in [0.05, 0.1) is 0 Å². The molecule has 196 valence electrons. The molecule has 1 saturated heterocycles. The van der Waals surface area contributed by atoms with Crippen LogP contribution in [0.1, 0.15) is 58.7 Å². The third-order valence-electron chi connectivity index (χ3n) is 5.60. The summed E-state index contributed by atoms with van der Waals surface area (Å²) in [7, 11) is -4.24. The van der Waals surface area contributed by atoms with Crippen molar-refractivity contribution in [2.75, 3.05) is 18.0 Å². The van der Waals surface area contributed by atoms with E-state index in [-0.39, 0.29) is 34.8 Å². The SMILES string of the molecule is C[C@@H]1C[C@H](C)CN(c2c(C#N)c(C(F)(F)F)nn2-c2ccc(S(=O)(=O)NC(=O)CC(C)(C)C)cn2)C1. The number of aromatic nitrogens is 3. The molecule has 0 aliphatic carbocycles.